The fourth-order valence-electron chi connectivity index (χ4n) is 2.64. The standard InChI is InChI=1S/C19H20F3N3O5/c1-11-8-15(12(2)25(11)10-19(20,21)22)17(27)30-9-16(26)24-18(28)23-13-4-6-14(29-3)7-5-13/h4-8H,9-10H2,1-3H3,(H2,23,24,26,28). The van der Waals surface area contributed by atoms with Crippen LogP contribution in [0, 0.1) is 13.8 Å². The number of carbonyl (C=O) groups excluding carboxylic acids is 3. The van der Waals surface area contributed by atoms with E-state index in [2.05, 4.69) is 5.32 Å². The van der Waals surface area contributed by atoms with Crippen molar-refractivity contribution in [3.8, 4) is 5.75 Å². The Hall–Kier alpha value is -3.50. The normalized spacial score (nSPS) is 11.0. The molecule has 0 saturated carbocycles. The molecule has 0 saturated heterocycles. The molecule has 3 amide bonds. The van der Waals surface area contributed by atoms with E-state index < -0.39 is 37.2 Å². The van der Waals surface area contributed by atoms with E-state index in [0.29, 0.717) is 11.4 Å². The number of esters is 1. The highest BCUT2D eigenvalue weighted by Gasteiger charge is 2.30. The van der Waals surface area contributed by atoms with Crippen LogP contribution < -0.4 is 15.4 Å². The first-order chi connectivity index (χ1) is 14.0. The summed E-state index contributed by atoms with van der Waals surface area (Å²) in [6.45, 7) is 0.741. The lowest BCUT2D eigenvalue weighted by molar-refractivity contribution is -0.141. The molecule has 0 fully saturated rings. The number of amides is 3. The van der Waals surface area contributed by atoms with Gasteiger partial charge in [0.1, 0.15) is 12.3 Å². The number of carbonyl (C=O) groups is 3. The van der Waals surface area contributed by atoms with Crippen molar-refractivity contribution in [2.24, 2.45) is 0 Å². The Morgan fingerprint density at radius 2 is 1.73 bits per heavy atom. The molecule has 1 aromatic carbocycles. The van der Waals surface area contributed by atoms with Gasteiger partial charge in [-0.05, 0) is 44.2 Å². The summed E-state index contributed by atoms with van der Waals surface area (Å²) in [5.41, 5.74) is 0.593. The number of ether oxygens (including phenoxy) is 2. The maximum Gasteiger partial charge on any atom is 0.406 e. The molecule has 2 rings (SSSR count). The topological polar surface area (TPSA) is 98.7 Å². The highest BCUT2D eigenvalue weighted by atomic mass is 19.4. The zero-order valence-electron chi connectivity index (χ0n) is 16.4. The molecule has 0 aliphatic rings. The van der Waals surface area contributed by atoms with Crippen molar-refractivity contribution < 1.29 is 37.0 Å². The second-order valence-electron chi connectivity index (χ2n) is 6.29. The van der Waals surface area contributed by atoms with Crippen LogP contribution in [0.25, 0.3) is 0 Å². The van der Waals surface area contributed by atoms with E-state index in [1.807, 2.05) is 5.32 Å². The third-order valence-electron chi connectivity index (χ3n) is 4.07. The summed E-state index contributed by atoms with van der Waals surface area (Å²) in [6.07, 6.45) is -4.45. The largest absolute Gasteiger partial charge is 0.497 e. The minimum absolute atomic E-state index is 0.0625. The maximum absolute atomic E-state index is 12.6. The maximum atomic E-state index is 12.6. The Labute approximate surface area is 170 Å². The van der Waals surface area contributed by atoms with Gasteiger partial charge in [-0.1, -0.05) is 0 Å². The van der Waals surface area contributed by atoms with Gasteiger partial charge in [0.05, 0.1) is 12.7 Å². The second-order valence-corrected chi connectivity index (χ2v) is 6.29. The van der Waals surface area contributed by atoms with Gasteiger partial charge in [0.25, 0.3) is 5.91 Å². The van der Waals surface area contributed by atoms with Crippen molar-refractivity contribution in [3.05, 3.63) is 47.3 Å². The molecule has 30 heavy (non-hydrogen) atoms. The zero-order chi connectivity index (χ0) is 22.5. The number of nitrogens with zero attached hydrogens (tertiary/aromatic N) is 1. The number of aryl methyl sites for hydroxylation is 1. The van der Waals surface area contributed by atoms with Gasteiger partial charge in [-0.2, -0.15) is 13.2 Å². The first-order valence-electron chi connectivity index (χ1n) is 8.65. The minimum atomic E-state index is -4.45. The van der Waals surface area contributed by atoms with E-state index in [9.17, 15) is 27.6 Å². The summed E-state index contributed by atoms with van der Waals surface area (Å²) >= 11 is 0. The predicted molar refractivity (Wildman–Crippen MR) is 100 cm³/mol. The quantitative estimate of drug-likeness (QED) is 0.690. The molecule has 0 aliphatic heterocycles. The van der Waals surface area contributed by atoms with Crippen LogP contribution >= 0.6 is 0 Å². The molecule has 2 N–H and O–H groups in total. The average Bonchev–Trinajstić information content (AvgIpc) is 2.93. The van der Waals surface area contributed by atoms with Gasteiger partial charge in [0, 0.05) is 17.1 Å². The van der Waals surface area contributed by atoms with Crippen LogP contribution in [-0.2, 0) is 16.1 Å². The first kappa shape index (κ1) is 22.8. The van der Waals surface area contributed by atoms with E-state index in [4.69, 9.17) is 9.47 Å². The molecule has 0 aliphatic carbocycles. The van der Waals surface area contributed by atoms with E-state index in [1.54, 1.807) is 24.3 Å². The summed E-state index contributed by atoms with van der Waals surface area (Å²) in [7, 11) is 1.49. The smallest absolute Gasteiger partial charge is 0.406 e. The molecule has 0 bridgehead atoms. The fourth-order valence-corrected chi connectivity index (χ4v) is 2.64. The Morgan fingerprint density at radius 1 is 1.10 bits per heavy atom. The van der Waals surface area contributed by atoms with Gasteiger partial charge in [-0.15, -0.1) is 0 Å². The van der Waals surface area contributed by atoms with Crippen molar-refractivity contribution in [2.75, 3.05) is 19.0 Å². The molecule has 0 spiro atoms. The number of alkyl halides is 3. The third-order valence-corrected chi connectivity index (χ3v) is 4.07. The van der Waals surface area contributed by atoms with Crippen LogP contribution in [0.15, 0.2) is 30.3 Å². The van der Waals surface area contributed by atoms with Crippen molar-refractivity contribution in [2.45, 2.75) is 26.6 Å². The van der Waals surface area contributed by atoms with Crippen LogP contribution in [0.3, 0.4) is 0 Å². The summed E-state index contributed by atoms with van der Waals surface area (Å²) in [6, 6.07) is 6.73. The van der Waals surface area contributed by atoms with Gasteiger partial charge in [0.2, 0.25) is 0 Å². The molecule has 1 aromatic heterocycles. The number of halogens is 3. The number of nitrogens with one attached hydrogen (secondary N) is 2. The number of anilines is 1. The van der Waals surface area contributed by atoms with Gasteiger partial charge in [-0.3, -0.25) is 10.1 Å². The molecule has 162 valence electrons. The lowest BCUT2D eigenvalue weighted by atomic mass is 10.2. The summed E-state index contributed by atoms with van der Waals surface area (Å²) < 4.78 is 48.7. The zero-order valence-corrected chi connectivity index (χ0v) is 16.4. The number of aromatic nitrogens is 1. The molecule has 0 atom stereocenters. The number of methoxy groups -OCH3 is 1. The molecule has 11 heteroatoms. The van der Waals surface area contributed by atoms with Gasteiger partial charge in [-0.25, -0.2) is 9.59 Å². The fraction of sp³-hybridized carbons (Fsp3) is 0.316. The Bertz CT molecular complexity index is 936. The first-order valence-corrected chi connectivity index (χ1v) is 8.65. The molecule has 0 radical (unpaired) electrons. The number of benzene rings is 1. The number of hydrogen-bond donors (Lipinski definition) is 2. The molecule has 2 aromatic rings. The predicted octanol–water partition coefficient (Wildman–Crippen LogP) is 3.18. The van der Waals surface area contributed by atoms with Gasteiger partial charge < -0.3 is 19.4 Å². The van der Waals surface area contributed by atoms with E-state index >= 15 is 0 Å². The van der Waals surface area contributed by atoms with Gasteiger partial charge >= 0.3 is 18.2 Å². The Balaban J connectivity index is 1.89. The highest BCUT2D eigenvalue weighted by molar-refractivity contribution is 6.02. The van der Waals surface area contributed by atoms with Crippen LogP contribution in [0.5, 0.6) is 5.75 Å². The minimum Gasteiger partial charge on any atom is -0.497 e. The lowest BCUT2D eigenvalue weighted by Crippen LogP contribution is -2.37. The number of hydrogen-bond acceptors (Lipinski definition) is 5. The SMILES string of the molecule is COc1ccc(NC(=O)NC(=O)COC(=O)c2cc(C)n(CC(F)(F)F)c2C)cc1. The van der Waals surface area contributed by atoms with Crippen LogP contribution in [0.4, 0.5) is 23.7 Å². The van der Waals surface area contributed by atoms with Crippen molar-refractivity contribution in [1.82, 2.24) is 9.88 Å². The summed E-state index contributed by atoms with van der Waals surface area (Å²) in [5, 5.41) is 4.38. The summed E-state index contributed by atoms with van der Waals surface area (Å²) in [4.78, 5) is 35.7. The number of rotatable bonds is 6. The third kappa shape index (κ3) is 6.26. The van der Waals surface area contributed by atoms with E-state index in [-0.39, 0.29) is 17.0 Å². The molecular weight excluding hydrogens is 407 g/mol. The van der Waals surface area contributed by atoms with E-state index in [1.165, 1.54) is 27.0 Å². The van der Waals surface area contributed by atoms with E-state index in [0.717, 1.165) is 4.57 Å². The molecular formula is C19H20F3N3O5. The van der Waals surface area contributed by atoms with Crippen molar-refractivity contribution >= 4 is 23.6 Å². The number of urea groups is 1. The van der Waals surface area contributed by atoms with Gasteiger partial charge in [0.15, 0.2) is 6.61 Å². The monoisotopic (exact) mass is 427 g/mol. The highest BCUT2D eigenvalue weighted by Crippen LogP contribution is 2.23. The van der Waals surface area contributed by atoms with Crippen molar-refractivity contribution in [3.63, 3.8) is 0 Å². The van der Waals surface area contributed by atoms with Crippen LogP contribution in [-0.4, -0.2) is 42.4 Å². The Kier molecular flexibility index (Phi) is 7.09. The summed E-state index contributed by atoms with van der Waals surface area (Å²) in [5.74, 6) is -1.29. The van der Waals surface area contributed by atoms with Crippen molar-refractivity contribution in [1.29, 1.82) is 0 Å². The molecule has 0 unspecified atom stereocenters. The second kappa shape index (κ2) is 9.33. The number of imide groups is 1. The Morgan fingerprint density at radius 3 is 2.30 bits per heavy atom. The molecule has 8 nitrogen and oxygen atoms in total. The van der Waals surface area contributed by atoms with Crippen LogP contribution in [0.1, 0.15) is 21.7 Å². The molecule has 1 heterocycles. The van der Waals surface area contributed by atoms with Crippen LogP contribution in [0.2, 0.25) is 0 Å². The average molecular weight is 427 g/mol. The lowest BCUT2D eigenvalue weighted by Gasteiger charge is -2.12.